The summed E-state index contributed by atoms with van der Waals surface area (Å²) in [6.07, 6.45) is -0.0552. The van der Waals surface area contributed by atoms with E-state index >= 15 is 0 Å². The molecule has 0 radical (unpaired) electrons. The Kier molecular flexibility index (Phi) is 7.56. The van der Waals surface area contributed by atoms with Gasteiger partial charge in [-0.25, -0.2) is 19.8 Å². The highest BCUT2D eigenvalue weighted by Crippen LogP contribution is 2.23. The van der Waals surface area contributed by atoms with Crippen LogP contribution in [0, 0.1) is 0 Å². The smallest absolute Gasteiger partial charge is 0.358 e. The Hall–Kier alpha value is -4.29. The van der Waals surface area contributed by atoms with Crippen molar-refractivity contribution in [3.63, 3.8) is 0 Å². The minimum atomic E-state index is -1.32. The number of aldehydes is 1. The zero-order chi connectivity index (χ0) is 24.8. The molecule has 2 fully saturated rings. The van der Waals surface area contributed by atoms with Crippen LogP contribution in [0.4, 0.5) is 4.79 Å². The van der Waals surface area contributed by atoms with Crippen molar-refractivity contribution in [1.29, 1.82) is 0 Å². The first kappa shape index (κ1) is 24.4. The monoisotopic (exact) mass is 473 g/mol. The zero-order valence-electron chi connectivity index (χ0n) is 18.0. The summed E-state index contributed by atoms with van der Waals surface area (Å²) in [6.45, 7) is -0.0892. The molecule has 2 aliphatic rings. The molecule has 2 saturated heterocycles. The second-order valence-corrected chi connectivity index (χ2v) is 7.69. The van der Waals surface area contributed by atoms with Crippen molar-refractivity contribution in [2.45, 2.75) is 37.8 Å². The minimum absolute atomic E-state index is 0.105. The molecule has 5 amide bonds. The third-order valence-electron chi connectivity index (χ3n) is 5.33. The molecular weight excluding hydrogens is 450 g/mol. The van der Waals surface area contributed by atoms with Crippen molar-refractivity contribution >= 4 is 41.8 Å². The highest BCUT2D eigenvalue weighted by atomic mass is 16.4. The molecule has 3 N–H and O–H groups in total. The SMILES string of the molecule is O=CC(CC(=O)O)NC(=O)[C@@H]1CCCN2C(=O)CCN(NC(=O)C(=O)c3ccccc3)C(=O)N12. The summed E-state index contributed by atoms with van der Waals surface area (Å²) < 4.78 is 0. The summed E-state index contributed by atoms with van der Waals surface area (Å²) in [5.74, 6) is -4.59. The zero-order valence-corrected chi connectivity index (χ0v) is 18.0. The number of carboxylic acid groups (broad SMARTS) is 1. The molecular formula is C21H23N5O8. The number of nitrogens with one attached hydrogen (secondary N) is 2. The van der Waals surface area contributed by atoms with Gasteiger partial charge in [0.1, 0.15) is 12.3 Å². The molecule has 1 aromatic rings. The van der Waals surface area contributed by atoms with Crippen molar-refractivity contribution in [3.05, 3.63) is 35.9 Å². The number of carbonyl (C=O) groups is 7. The molecule has 180 valence electrons. The van der Waals surface area contributed by atoms with E-state index in [2.05, 4.69) is 10.7 Å². The van der Waals surface area contributed by atoms with Crippen LogP contribution in [0.3, 0.4) is 0 Å². The summed E-state index contributed by atoms with van der Waals surface area (Å²) in [7, 11) is 0. The largest absolute Gasteiger partial charge is 0.481 e. The number of rotatable bonds is 8. The van der Waals surface area contributed by atoms with Crippen LogP contribution < -0.4 is 10.7 Å². The second kappa shape index (κ2) is 10.6. The normalized spacial score (nSPS) is 18.9. The first-order chi connectivity index (χ1) is 16.2. The lowest BCUT2D eigenvalue weighted by molar-refractivity contribution is -0.155. The van der Waals surface area contributed by atoms with E-state index in [1.807, 2.05) is 0 Å². The van der Waals surface area contributed by atoms with Gasteiger partial charge in [-0.15, -0.1) is 0 Å². The number of hydrogen-bond acceptors (Lipinski definition) is 7. The average molecular weight is 473 g/mol. The first-order valence-corrected chi connectivity index (χ1v) is 10.5. The number of carbonyl (C=O) groups excluding carboxylic acids is 6. The average Bonchev–Trinajstić information content (AvgIpc) is 2.95. The van der Waals surface area contributed by atoms with Crippen molar-refractivity contribution in [3.8, 4) is 0 Å². The molecule has 0 bridgehead atoms. The van der Waals surface area contributed by atoms with Crippen molar-refractivity contribution in [1.82, 2.24) is 25.8 Å². The maximum Gasteiger partial charge on any atom is 0.358 e. The van der Waals surface area contributed by atoms with Gasteiger partial charge in [-0.1, -0.05) is 30.3 Å². The van der Waals surface area contributed by atoms with E-state index in [0.717, 1.165) is 15.0 Å². The number of urea groups is 1. The van der Waals surface area contributed by atoms with Crippen LogP contribution in [-0.4, -0.2) is 87.1 Å². The van der Waals surface area contributed by atoms with Crippen LogP contribution in [-0.2, 0) is 24.0 Å². The molecule has 1 aromatic carbocycles. The number of hydrogen-bond donors (Lipinski definition) is 3. The number of aliphatic carboxylic acids is 1. The Labute approximate surface area is 193 Å². The van der Waals surface area contributed by atoms with Gasteiger partial charge in [-0.2, -0.15) is 0 Å². The predicted molar refractivity (Wildman–Crippen MR) is 112 cm³/mol. The number of ketones is 1. The van der Waals surface area contributed by atoms with Crippen LogP contribution in [0.25, 0.3) is 0 Å². The molecule has 13 nitrogen and oxygen atoms in total. The van der Waals surface area contributed by atoms with Crippen LogP contribution in [0.2, 0.25) is 0 Å². The molecule has 2 aliphatic heterocycles. The van der Waals surface area contributed by atoms with Crippen LogP contribution in [0.5, 0.6) is 0 Å². The van der Waals surface area contributed by atoms with E-state index in [1.165, 1.54) is 12.1 Å². The van der Waals surface area contributed by atoms with Gasteiger partial charge in [0.25, 0.3) is 5.78 Å². The summed E-state index contributed by atoms with van der Waals surface area (Å²) in [6, 6.07) is 4.21. The third-order valence-corrected chi connectivity index (χ3v) is 5.33. The van der Waals surface area contributed by atoms with Crippen molar-refractivity contribution in [2.75, 3.05) is 13.1 Å². The molecule has 34 heavy (non-hydrogen) atoms. The van der Waals surface area contributed by atoms with Gasteiger partial charge in [-0.3, -0.25) is 29.4 Å². The Bertz CT molecular complexity index is 1010. The van der Waals surface area contributed by atoms with Gasteiger partial charge in [0.2, 0.25) is 11.8 Å². The van der Waals surface area contributed by atoms with Crippen molar-refractivity contribution in [2.24, 2.45) is 0 Å². The first-order valence-electron chi connectivity index (χ1n) is 10.5. The molecule has 1 unspecified atom stereocenters. The fraction of sp³-hybridized carbons (Fsp3) is 0.381. The Balaban J connectivity index is 1.79. The van der Waals surface area contributed by atoms with Gasteiger partial charge in [0.05, 0.1) is 19.0 Å². The van der Waals surface area contributed by atoms with E-state index in [9.17, 15) is 33.6 Å². The Morgan fingerprint density at radius 2 is 1.82 bits per heavy atom. The highest BCUT2D eigenvalue weighted by molar-refractivity contribution is 6.42. The van der Waals surface area contributed by atoms with Gasteiger partial charge in [0.15, 0.2) is 0 Å². The molecule has 0 saturated carbocycles. The topological polar surface area (TPSA) is 174 Å². The number of Topliss-reactive ketones (excluding diaryl/α,β-unsaturated/α-hetero) is 1. The second-order valence-electron chi connectivity index (χ2n) is 7.69. The van der Waals surface area contributed by atoms with Gasteiger partial charge in [0, 0.05) is 18.5 Å². The lowest BCUT2D eigenvalue weighted by atomic mass is 10.1. The Morgan fingerprint density at radius 3 is 2.47 bits per heavy atom. The molecule has 3 rings (SSSR count). The number of nitrogens with zero attached hydrogens (tertiary/aromatic N) is 3. The summed E-state index contributed by atoms with van der Waals surface area (Å²) in [4.78, 5) is 85.6. The maximum absolute atomic E-state index is 13.3. The lowest BCUT2D eigenvalue weighted by Crippen LogP contribution is -2.65. The number of hydrazine groups is 2. The van der Waals surface area contributed by atoms with Gasteiger partial charge in [-0.05, 0) is 12.8 Å². The highest BCUT2D eigenvalue weighted by Gasteiger charge is 2.44. The maximum atomic E-state index is 13.3. The van der Waals surface area contributed by atoms with Crippen LogP contribution in [0.15, 0.2) is 30.3 Å². The van der Waals surface area contributed by atoms with E-state index in [-0.39, 0.29) is 37.8 Å². The predicted octanol–water partition coefficient (Wildman–Crippen LogP) is -0.907. The fourth-order valence-corrected chi connectivity index (χ4v) is 3.71. The van der Waals surface area contributed by atoms with Gasteiger partial charge >= 0.3 is 17.9 Å². The van der Waals surface area contributed by atoms with Crippen LogP contribution >= 0.6 is 0 Å². The molecule has 2 heterocycles. The van der Waals surface area contributed by atoms with E-state index < -0.39 is 54.0 Å². The molecule has 13 heteroatoms. The quantitative estimate of drug-likeness (QED) is 0.247. The van der Waals surface area contributed by atoms with Gasteiger partial charge < -0.3 is 15.2 Å². The molecule has 2 atom stereocenters. The molecule has 0 spiro atoms. The number of benzene rings is 1. The lowest BCUT2D eigenvalue weighted by Gasteiger charge is -2.42. The van der Waals surface area contributed by atoms with Crippen molar-refractivity contribution < 1.29 is 38.7 Å². The molecule has 0 aromatic heterocycles. The van der Waals surface area contributed by atoms with E-state index in [0.29, 0.717) is 6.42 Å². The minimum Gasteiger partial charge on any atom is -0.481 e. The van der Waals surface area contributed by atoms with Crippen LogP contribution in [0.1, 0.15) is 36.0 Å². The third kappa shape index (κ3) is 5.36. The number of fused-ring (bicyclic) bond motifs is 1. The summed E-state index contributed by atoms with van der Waals surface area (Å²) in [5, 5.41) is 13.9. The Morgan fingerprint density at radius 1 is 1.12 bits per heavy atom. The number of amides is 5. The fourth-order valence-electron chi connectivity index (χ4n) is 3.71. The van der Waals surface area contributed by atoms with E-state index in [1.54, 1.807) is 18.2 Å². The number of carboxylic acids is 1. The summed E-state index contributed by atoms with van der Waals surface area (Å²) in [5.41, 5.74) is 2.31. The summed E-state index contributed by atoms with van der Waals surface area (Å²) >= 11 is 0. The molecule has 0 aliphatic carbocycles. The standard InChI is InChI=1S/C21H23N5O8/c27-12-14(11-17(29)30)22-19(32)15-7-4-9-25-16(28)8-10-24(21(34)26(15)25)23-20(33)18(31)13-5-2-1-3-6-13/h1-3,5-6,12,14-15H,4,7-11H2,(H,22,32)(H,23,33)(H,29,30)/t14?,15-/m0/s1. The van der Waals surface area contributed by atoms with E-state index in [4.69, 9.17) is 5.11 Å².